The topological polar surface area (TPSA) is 58.1 Å². The van der Waals surface area contributed by atoms with E-state index in [2.05, 4.69) is 22.5 Å². The monoisotopic (exact) mass is 488 g/mol. The second kappa shape index (κ2) is 9.17. The summed E-state index contributed by atoms with van der Waals surface area (Å²) in [5.41, 5.74) is 0.986. The van der Waals surface area contributed by atoms with Gasteiger partial charge in [-0.1, -0.05) is 18.6 Å². The summed E-state index contributed by atoms with van der Waals surface area (Å²) in [4.78, 5) is 26.0. The fourth-order valence-electron chi connectivity index (χ4n) is 4.69. The summed E-state index contributed by atoms with van der Waals surface area (Å²) in [5.74, 6) is 2.24. The van der Waals surface area contributed by atoms with Gasteiger partial charge in [0.2, 0.25) is 5.91 Å². The van der Waals surface area contributed by atoms with Crippen LogP contribution in [0, 0.1) is 12.8 Å². The van der Waals surface area contributed by atoms with Crippen molar-refractivity contribution in [3.8, 4) is 0 Å². The Kier molecular flexibility index (Phi) is 6.22. The Morgan fingerprint density at radius 2 is 1.82 bits per heavy atom. The summed E-state index contributed by atoms with van der Waals surface area (Å²) in [6, 6.07) is 4.92. The van der Waals surface area contributed by atoms with E-state index in [1.807, 2.05) is 0 Å². The van der Waals surface area contributed by atoms with Gasteiger partial charge in [-0.25, -0.2) is 9.97 Å². The molecule has 2 aromatic heterocycles. The van der Waals surface area contributed by atoms with E-state index in [0.29, 0.717) is 24.3 Å². The zero-order chi connectivity index (χ0) is 23.9. The largest absolute Gasteiger partial charge is 0.416 e. The molecule has 0 atom stereocenters. The number of alkyl halides is 3. The fraction of sp³-hybridized carbons (Fsp3) is 0.480. The highest BCUT2D eigenvalue weighted by Gasteiger charge is 2.31. The number of aryl methyl sites for hydroxylation is 1. The van der Waals surface area contributed by atoms with Crippen molar-refractivity contribution in [2.24, 2.45) is 5.92 Å². The minimum Gasteiger partial charge on any atom is -0.356 e. The minimum atomic E-state index is -4.36. The van der Waals surface area contributed by atoms with Crippen molar-refractivity contribution in [2.75, 3.05) is 18.0 Å². The predicted molar refractivity (Wildman–Crippen MR) is 127 cm³/mol. The molecule has 0 unspecified atom stereocenters. The van der Waals surface area contributed by atoms with Gasteiger partial charge < -0.3 is 10.2 Å². The van der Waals surface area contributed by atoms with Gasteiger partial charge in [0.1, 0.15) is 11.6 Å². The van der Waals surface area contributed by atoms with Crippen LogP contribution < -0.4 is 10.2 Å². The van der Waals surface area contributed by atoms with Crippen LogP contribution in [0.3, 0.4) is 0 Å². The number of carbonyl (C=O) groups excluding carboxylic acids is 1. The lowest BCUT2D eigenvalue weighted by atomic mass is 9.85. The number of hydrogen-bond acceptors (Lipinski definition) is 5. The van der Waals surface area contributed by atoms with E-state index < -0.39 is 11.7 Å². The van der Waals surface area contributed by atoms with Crippen LogP contribution in [0.4, 0.5) is 19.0 Å². The van der Waals surface area contributed by atoms with Crippen LogP contribution in [0.25, 0.3) is 10.9 Å². The molecule has 3 aromatic rings. The minimum absolute atomic E-state index is 0.0470. The molecule has 2 aliphatic rings. The van der Waals surface area contributed by atoms with Crippen LogP contribution >= 0.6 is 11.3 Å². The number of amides is 1. The molecule has 1 N–H and O–H groups in total. The normalized spacial score (nSPS) is 17.7. The quantitative estimate of drug-likeness (QED) is 0.492. The van der Waals surface area contributed by atoms with E-state index in [9.17, 15) is 18.0 Å². The third kappa shape index (κ3) is 4.62. The molecule has 1 aliphatic heterocycles. The average molecular weight is 489 g/mol. The first kappa shape index (κ1) is 23.1. The molecule has 3 heterocycles. The van der Waals surface area contributed by atoms with Crippen molar-refractivity contribution < 1.29 is 18.0 Å². The van der Waals surface area contributed by atoms with Gasteiger partial charge in [-0.2, -0.15) is 13.2 Å². The number of fused-ring (bicyclic) bond motifs is 1. The van der Waals surface area contributed by atoms with Crippen molar-refractivity contribution in [3.05, 3.63) is 51.5 Å². The molecule has 2 fully saturated rings. The van der Waals surface area contributed by atoms with Crippen molar-refractivity contribution in [3.63, 3.8) is 0 Å². The highest BCUT2D eigenvalue weighted by Crippen LogP contribution is 2.39. The number of nitrogens with zero attached hydrogens (tertiary/aromatic N) is 3. The Bertz CT molecular complexity index is 1180. The standard InChI is InChI=1S/C25H27F3N4OS/c1-15-21-20(14-34-15)30-22(17-3-2-4-17)31-23(21)32-11-9-18(10-12-32)24(33)29-13-16-5-7-19(8-6-16)25(26,27)28/h5-8,14,17-18H,2-4,9-13H2,1H3,(H,29,33). The van der Waals surface area contributed by atoms with Crippen LogP contribution in [0.2, 0.25) is 0 Å². The Labute approximate surface area is 200 Å². The van der Waals surface area contributed by atoms with Gasteiger partial charge in [0.05, 0.1) is 16.5 Å². The summed E-state index contributed by atoms with van der Waals surface area (Å²) in [7, 11) is 0. The van der Waals surface area contributed by atoms with E-state index in [1.165, 1.54) is 23.4 Å². The number of benzene rings is 1. The van der Waals surface area contributed by atoms with Crippen molar-refractivity contribution in [1.82, 2.24) is 15.3 Å². The zero-order valence-corrected chi connectivity index (χ0v) is 19.8. The van der Waals surface area contributed by atoms with Crippen molar-refractivity contribution in [1.29, 1.82) is 0 Å². The maximum atomic E-state index is 12.7. The number of thiophene rings is 1. The lowest BCUT2D eigenvalue weighted by Crippen LogP contribution is -2.41. The molecule has 5 rings (SSSR count). The lowest BCUT2D eigenvalue weighted by molar-refractivity contribution is -0.137. The third-order valence-corrected chi connectivity index (χ3v) is 7.92. The second-order valence-corrected chi connectivity index (χ2v) is 10.3. The van der Waals surface area contributed by atoms with Gasteiger partial charge in [-0.3, -0.25) is 4.79 Å². The van der Waals surface area contributed by atoms with E-state index >= 15 is 0 Å². The second-order valence-electron chi connectivity index (χ2n) is 9.26. The van der Waals surface area contributed by atoms with Gasteiger partial charge in [0.25, 0.3) is 0 Å². The molecule has 0 spiro atoms. The molecule has 1 saturated carbocycles. The number of anilines is 1. The Morgan fingerprint density at radius 1 is 1.12 bits per heavy atom. The highest BCUT2D eigenvalue weighted by atomic mass is 32.1. The molecule has 1 saturated heterocycles. The summed E-state index contributed by atoms with van der Waals surface area (Å²) >= 11 is 1.70. The molecule has 1 amide bonds. The molecule has 0 radical (unpaired) electrons. The highest BCUT2D eigenvalue weighted by molar-refractivity contribution is 7.11. The molecule has 5 nitrogen and oxygen atoms in total. The summed E-state index contributed by atoms with van der Waals surface area (Å²) in [5, 5.41) is 6.13. The number of carbonyl (C=O) groups is 1. The zero-order valence-electron chi connectivity index (χ0n) is 19.0. The Morgan fingerprint density at radius 3 is 2.44 bits per heavy atom. The number of rotatable bonds is 5. The molecule has 1 aliphatic carbocycles. The number of aromatic nitrogens is 2. The predicted octanol–water partition coefficient (Wildman–Crippen LogP) is 5.82. The van der Waals surface area contributed by atoms with E-state index in [-0.39, 0.29) is 18.4 Å². The molecular formula is C25H27F3N4OS. The number of hydrogen-bond donors (Lipinski definition) is 1. The number of piperidine rings is 1. The molecule has 180 valence electrons. The molecule has 1 aromatic carbocycles. The maximum absolute atomic E-state index is 12.7. The van der Waals surface area contributed by atoms with Gasteiger partial charge in [0.15, 0.2) is 0 Å². The third-order valence-electron chi connectivity index (χ3n) is 7.02. The van der Waals surface area contributed by atoms with E-state index in [4.69, 9.17) is 9.97 Å². The SMILES string of the molecule is Cc1scc2nc(C3CCC3)nc(N3CCC(C(=O)NCc4ccc(C(F)(F)F)cc4)CC3)c12. The van der Waals surface area contributed by atoms with Gasteiger partial charge in [-0.15, -0.1) is 11.3 Å². The lowest BCUT2D eigenvalue weighted by Gasteiger charge is -2.33. The molecule has 0 bridgehead atoms. The first-order valence-electron chi connectivity index (χ1n) is 11.7. The Balaban J connectivity index is 1.21. The summed E-state index contributed by atoms with van der Waals surface area (Å²) in [6.07, 6.45) is 0.602. The van der Waals surface area contributed by atoms with Crippen LogP contribution in [-0.4, -0.2) is 29.0 Å². The maximum Gasteiger partial charge on any atom is 0.416 e. The van der Waals surface area contributed by atoms with E-state index in [0.717, 1.165) is 60.6 Å². The summed E-state index contributed by atoms with van der Waals surface area (Å²) in [6.45, 7) is 3.81. The first-order valence-corrected chi connectivity index (χ1v) is 12.6. The van der Waals surface area contributed by atoms with Gasteiger partial charge >= 0.3 is 6.18 Å². The van der Waals surface area contributed by atoms with Crippen LogP contribution in [0.1, 0.15) is 59.9 Å². The molecule has 9 heteroatoms. The number of nitrogens with one attached hydrogen (secondary N) is 1. The van der Waals surface area contributed by atoms with Gasteiger partial charge in [-0.05, 0) is 50.3 Å². The van der Waals surface area contributed by atoms with Crippen LogP contribution in [-0.2, 0) is 17.5 Å². The van der Waals surface area contributed by atoms with Crippen LogP contribution in [0.15, 0.2) is 29.6 Å². The molecule has 34 heavy (non-hydrogen) atoms. The van der Waals surface area contributed by atoms with Gasteiger partial charge in [0, 0.05) is 41.7 Å². The van der Waals surface area contributed by atoms with E-state index in [1.54, 1.807) is 11.3 Å². The van der Waals surface area contributed by atoms with Crippen LogP contribution in [0.5, 0.6) is 0 Å². The molecular weight excluding hydrogens is 461 g/mol. The first-order chi connectivity index (χ1) is 16.3. The summed E-state index contributed by atoms with van der Waals surface area (Å²) < 4.78 is 38.2. The Hall–Kier alpha value is -2.68. The smallest absolute Gasteiger partial charge is 0.356 e. The van der Waals surface area contributed by atoms with Crippen molar-refractivity contribution >= 4 is 34.0 Å². The fourth-order valence-corrected chi connectivity index (χ4v) is 5.46. The van der Waals surface area contributed by atoms with Crippen molar-refractivity contribution in [2.45, 2.75) is 57.7 Å². The average Bonchev–Trinajstić information content (AvgIpc) is 3.16. The number of halogens is 3.